The fraction of sp³-hybridized carbons (Fsp3) is 0.417. The first-order chi connectivity index (χ1) is 8.58. The molecule has 0 aromatic heterocycles. The number of likely N-dealkylation sites (N-methyl/N-ethyl adjacent to an activating group) is 1. The SMILES string of the molecule is CN1CCN(NC(=O)c2cccc(Br)c2Cl)CC1. The van der Waals surface area contributed by atoms with Crippen LogP contribution < -0.4 is 5.43 Å². The lowest BCUT2D eigenvalue weighted by molar-refractivity contribution is 0.0662. The van der Waals surface area contributed by atoms with Gasteiger partial charge in [-0.3, -0.25) is 10.2 Å². The number of piperazine rings is 1. The van der Waals surface area contributed by atoms with E-state index in [1.54, 1.807) is 12.1 Å². The normalized spacial score (nSPS) is 17.7. The molecule has 1 saturated heterocycles. The molecule has 0 spiro atoms. The number of amides is 1. The maximum Gasteiger partial charge on any atom is 0.267 e. The van der Waals surface area contributed by atoms with Gasteiger partial charge >= 0.3 is 0 Å². The Morgan fingerprint density at radius 3 is 2.67 bits per heavy atom. The maximum absolute atomic E-state index is 12.1. The quantitative estimate of drug-likeness (QED) is 0.900. The summed E-state index contributed by atoms with van der Waals surface area (Å²) in [6, 6.07) is 5.34. The van der Waals surface area contributed by atoms with E-state index in [9.17, 15) is 4.79 Å². The lowest BCUT2D eigenvalue weighted by atomic mass is 10.2. The summed E-state index contributed by atoms with van der Waals surface area (Å²) < 4.78 is 0.732. The van der Waals surface area contributed by atoms with E-state index >= 15 is 0 Å². The smallest absolute Gasteiger partial charge is 0.267 e. The third-order valence-corrected chi connectivity index (χ3v) is 4.26. The van der Waals surface area contributed by atoms with Gasteiger partial charge in [0.2, 0.25) is 0 Å². The number of benzene rings is 1. The van der Waals surface area contributed by atoms with Crippen LogP contribution in [0.4, 0.5) is 0 Å². The molecule has 98 valence electrons. The van der Waals surface area contributed by atoms with Crippen molar-refractivity contribution >= 4 is 33.4 Å². The molecule has 4 nitrogen and oxygen atoms in total. The first kappa shape index (κ1) is 13.8. The Morgan fingerprint density at radius 2 is 2.00 bits per heavy atom. The fourth-order valence-electron chi connectivity index (χ4n) is 1.80. The molecule has 1 aromatic rings. The van der Waals surface area contributed by atoms with Gasteiger partial charge in [-0.25, -0.2) is 5.01 Å². The highest BCUT2D eigenvalue weighted by Crippen LogP contribution is 2.25. The zero-order valence-electron chi connectivity index (χ0n) is 10.1. The lowest BCUT2D eigenvalue weighted by Crippen LogP contribution is -2.52. The van der Waals surface area contributed by atoms with Crippen LogP contribution in [0, 0.1) is 0 Å². The molecule has 1 aliphatic heterocycles. The third-order valence-electron chi connectivity index (χ3n) is 2.96. The van der Waals surface area contributed by atoms with Crippen LogP contribution in [0.5, 0.6) is 0 Å². The molecule has 0 radical (unpaired) electrons. The number of nitrogens with one attached hydrogen (secondary N) is 1. The summed E-state index contributed by atoms with van der Waals surface area (Å²) in [5.74, 6) is -0.161. The summed E-state index contributed by atoms with van der Waals surface area (Å²) in [6.45, 7) is 3.56. The minimum atomic E-state index is -0.161. The molecule has 0 aliphatic carbocycles. The van der Waals surface area contributed by atoms with E-state index in [-0.39, 0.29) is 5.91 Å². The summed E-state index contributed by atoms with van der Waals surface area (Å²) in [5.41, 5.74) is 3.38. The summed E-state index contributed by atoms with van der Waals surface area (Å²) in [7, 11) is 2.07. The predicted molar refractivity (Wildman–Crippen MR) is 75.7 cm³/mol. The van der Waals surface area contributed by atoms with Crippen molar-refractivity contribution in [3.8, 4) is 0 Å². The van der Waals surface area contributed by atoms with Crippen LogP contribution in [0.2, 0.25) is 5.02 Å². The topological polar surface area (TPSA) is 35.6 Å². The number of hydrogen-bond acceptors (Lipinski definition) is 3. The van der Waals surface area contributed by atoms with Gasteiger partial charge < -0.3 is 4.90 Å². The van der Waals surface area contributed by atoms with Crippen molar-refractivity contribution in [2.24, 2.45) is 0 Å². The molecule has 1 N–H and O–H groups in total. The van der Waals surface area contributed by atoms with Crippen molar-refractivity contribution in [1.29, 1.82) is 0 Å². The van der Waals surface area contributed by atoms with Gasteiger partial charge in [-0.05, 0) is 35.1 Å². The Morgan fingerprint density at radius 1 is 1.33 bits per heavy atom. The molecule has 1 heterocycles. The van der Waals surface area contributed by atoms with E-state index in [0.29, 0.717) is 10.6 Å². The second kappa shape index (κ2) is 6.02. The third kappa shape index (κ3) is 3.23. The van der Waals surface area contributed by atoms with Crippen molar-refractivity contribution in [3.63, 3.8) is 0 Å². The molecule has 1 fully saturated rings. The van der Waals surface area contributed by atoms with E-state index in [2.05, 4.69) is 33.3 Å². The Hall–Kier alpha value is -0.620. The largest absolute Gasteiger partial charge is 0.304 e. The molecule has 0 saturated carbocycles. The van der Waals surface area contributed by atoms with Crippen LogP contribution in [-0.2, 0) is 0 Å². The highest BCUT2D eigenvalue weighted by atomic mass is 79.9. The average Bonchev–Trinajstić information content (AvgIpc) is 2.35. The number of carbonyl (C=O) groups is 1. The molecule has 1 aromatic carbocycles. The Labute approximate surface area is 120 Å². The van der Waals surface area contributed by atoms with E-state index in [1.807, 2.05) is 11.1 Å². The van der Waals surface area contributed by atoms with Crippen molar-refractivity contribution in [1.82, 2.24) is 15.3 Å². The van der Waals surface area contributed by atoms with Crippen molar-refractivity contribution < 1.29 is 4.79 Å². The number of rotatable bonds is 2. The van der Waals surface area contributed by atoms with Gasteiger partial charge in [-0.1, -0.05) is 17.7 Å². The van der Waals surface area contributed by atoms with Crippen LogP contribution in [0.25, 0.3) is 0 Å². The van der Waals surface area contributed by atoms with Crippen LogP contribution in [0.3, 0.4) is 0 Å². The Balaban J connectivity index is 2.01. The minimum Gasteiger partial charge on any atom is -0.304 e. The first-order valence-electron chi connectivity index (χ1n) is 5.76. The Kier molecular flexibility index (Phi) is 4.61. The molecule has 0 bridgehead atoms. The molecule has 1 amide bonds. The van der Waals surface area contributed by atoms with Crippen molar-refractivity contribution in [3.05, 3.63) is 33.3 Å². The van der Waals surface area contributed by atoms with E-state index in [4.69, 9.17) is 11.6 Å². The first-order valence-corrected chi connectivity index (χ1v) is 6.93. The van der Waals surface area contributed by atoms with Gasteiger partial charge in [0, 0.05) is 30.7 Å². The molecular weight excluding hydrogens is 318 g/mol. The van der Waals surface area contributed by atoms with Gasteiger partial charge in [-0.15, -0.1) is 0 Å². The molecule has 6 heteroatoms. The molecule has 0 atom stereocenters. The van der Waals surface area contributed by atoms with Gasteiger partial charge in [0.05, 0.1) is 10.6 Å². The van der Waals surface area contributed by atoms with Gasteiger partial charge in [0.15, 0.2) is 0 Å². The van der Waals surface area contributed by atoms with Gasteiger partial charge in [-0.2, -0.15) is 0 Å². The lowest BCUT2D eigenvalue weighted by Gasteiger charge is -2.32. The summed E-state index contributed by atoms with van der Waals surface area (Å²) in [6.07, 6.45) is 0. The van der Waals surface area contributed by atoms with E-state index in [1.165, 1.54) is 0 Å². The Bertz CT molecular complexity index is 447. The maximum atomic E-state index is 12.1. The van der Waals surface area contributed by atoms with E-state index in [0.717, 1.165) is 30.7 Å². The number of carbonyl (C=O) groups excluding carboxylic acids is 1. The van der Waals surface area contributed by atoms with E-state index < -0.39 is 0 Å². The number of nitrogens with zero attached hydrogens (tertiary/aromatic N) is 2. The highest BCUT2D eigenvalue weighted by Gasteiger charge is 2.18. The monoisotopic (exact) mass is 331 g/mol. The average molecular weight is 333 g/mol. The standard InChI is InChI=1S/C12H15BrClN3O/c1-16-5-7-17(8-6-16)15-12(18)9-3-2-4-10(13)11(9)14/h2-4H,5-8H2,1H3,(H,15,18). The molecule has 0 unspecified atom stereocenters. The summed E-state index contributed by atoms with van der Waals surface area (Å²) in [5, 5.41) is 2.38. The minimum absolute atomic E-state index is 0.161. The number of hydrazine groups is 1. The second-order valence-corrected chi connectivity index (χ2v) is 5.56. The molecule has 1 aliphatic rings. The number of halogens is 2. The van der Waals surface area contributed by atoms with Crippen LogP contribution in [-0.4, -0.2) is 49.0 Å². The van der Waals surface area contributed by atoms with Gasteiger partial charge in [0.1, 0.15) is 0 Å². The van der Waals surface area contributed by atoms with Crippen LogP contribution >= 0.6 is 27.5 Å². The molecule has 18 heavy (non-hydrogen) atoms. The zero-order valence-corrected chi connectivity index (χ0v) is 12.5. The number of hydrogen-bond donors (Lipinski definition) is 1. The van der Waals surface area contributed by atoms with Gasteiger partial charge in [0.25, 0.3) is 5.91 Å². The van der Waals surface area contributed by atoms with Crippen molar-refractivity contribution in [2.45, 2.75) is 0 Å². The molecule has 2 rings (SSSR count). The summed E-state index contributed by atoms with van der Waals surface area (Å²) >= 11 is 9.41. The fourth-order valence-corrected chi connectivity index (χ4v) is 2.38. The summed E-state index contributed by atoms with van der Waals surface area (Å²) in [4.78, 5) is 14.3. The van der Waals surface area contributed by atoms with Crippen molar-refractivity contribution in [2.75, 3.05) is 33.2 Å². The zero-order chi connectivity index (χ0) is 13.1. The molecular formula is C12H15BrClN3O. The van der Waals surface area contributed by atoms with Crippen LogP contribution in [0.15, 0.2) is 22.7 Å². The highest BCUT2D eigenvalue weighted by molar-refractivity contribution is 9.10. The predicted octanol–water partition coefficient (Wildman–Crippen LogP) is 1.99. The van der Waals surface area contributed by atoms with Crippen LogP contribution in [0.1, 0.15) is 10.4 Å². The second-order valence-electron chi connectivity index (χ2n) is 4.33.